The molecule has 24 heavy (non-hydrogen) atoms. The highest BCUT2D eigenvalue weighted by atomic mass is 16.5. The fraction of sp³-hybridized carbons (Fsp3) is 0.714. The van der Waals surface area contributed by atoms with E-state index in [1.54, 1.807) is 0 Å². The first-order valence-electron chi connectivity index (χ1n) is 9.78. The van der Waals surface area contributed by atoms with Crippen LogP contribution < -0.4 is 10.2 Å². The number of ether oxygens (including phenoxy) is 1. The fourth-order valence-electron chi connectivity index (χ4n) is 4.57. The van der Waals surface area contributed by atoms with Gasteiger partial charge < -0.3 is 15.0 Å². The lowest BCUT2D eigenvalue weighted by Crippen LogP contribution is -2.46. The van der Waals surface area contributed by atoms with Gasteiger partial charge in [0.2, 0.25) is 0 Å². The van der Waals surface area contributed by atoms with Gasteiger partial charge in [-0.25, -0.2) is 0 Å². The topological polar surface area (TPSA) is 24.5 Å². The fourth-order valence-corrected chi connectivity index (χ4v) is 4.57. The third kappa shape index (κ3) is 4.24. The first-order valence-corrected chi connectivity index (χ1v) is 9.78. The largest absolute Gasteiger partial charge is 0.385 e. The van der Waals surface area contributed by atoms with Crippen molar-refractivity contribution >= 4 is 11.4 Å². The van der Waals surface area contributed by atoms with Gasteiger partial charge in [0.15, 0.2) is 0 Å². The predicted octanol–water partition coefficient (Wildman–Crippen LogP) is 4.91. The zero-order valence-electron chi connectivity index (χ0n) is 15.9. The van der Waals surface area contributed by atoms with Gasteiger partial charge in [-0.15, -0.1) is 0 Å². The van der Waals surface area contributed by atoms with Crippen molar-refractivity contribution in [1.82, 2.24) is 0 Å². The quantitative estimate of drug-likeness (QED) is 0.849. The molecule has 2 fully saturated rings. The van der Waals surface area contributed by atoms with Crippen molar-refractivity contribution in [3.63, 3.8) is 0 Å². The maximum Gasteiger partial charge on any atom is 0.0726 e. The molecule has 3 heteroatoms. The number of hydrogen-bond acceptors (Lipinski definition) is 3. The molecule has 0 spiro atoms. The molecule has 1 saturated heterocycles. The van der Waals surface area contributed by atoms with Crippen LogP contribution >= 0.6 is 0 Å². The summed E-state index contributed by atoms with van der Waals surface area (Å²) in [5.74, 6) is 0.861. The average Bonchev–Trinajstić information content (AvgIpc) is 2.52. The first-order chi connectivity index (χ1) is 11.5. The summed E-state index contributed by atoms with van der Waals surface area (Å²) < 4.78 is 5.89. The van der Waals surface area contributed by atoms with Crippen LogP contribution in [-0.2, 0) is 4.74 Å². The molecular formula is C21H34N2O. The minimum atomic E-state index is 0.302. The Hall–Kier alpha value is -1.22. The van der Waals surface area contributed by atoms with Crippen molar-refractivity contribution in [2.45, 2.75) is 72.0 Å². The Balaban J connectivity index is 1.68. The summed E-state index contributed by atoms with van der Waals surface area (Å²) in [4.78, 5) is 2.51. The Morgan fingerprint density at radius 1 is 1.00 bits per heavy atom. The summed E-state index contributed by atoms with van der Waals surface area (Å²) in [6, 6.07) is 4.66. The van der Waals surface area contributed by atoms with E-state index in [4.69, 9.17) is 4.74 Å². The number of benzene rings is 1. The van der Waals surface area contributed by atoms with Crippen molar-refractivity contribution < 1.29 is 4.74 Å². The normalized spacial score (nSPS) is 25.8. The number of nitrogens with zero attached hydrogens (tertiary/aromatic N) is 1. The standard InChI is InChI=1S/C21H34N2O/c1-15-10-20(22-12-19-8-6-5-7-9-19)11-16(2)21(15)23-13-17(3)24-18(4)14-23/h10-11,17-19,22H,5-9,12-14H2,1-4H3. The summed E-state index contributed by atoms with van der Waals surface area (Å²) >= 11 is 0. The van der Waals surface area contributed by atoms with E-state index in [1.807, 2.05) is 0 Å². The highest BCUT2D eigenvalue weighted by Crippen LogP contribution is 2.31. The van der Waals surface area contributed by atoms with Gasteiger partial charge in [-0.05, 0) is 69.7 Å². The van der Waals surface area contributed by atoms with Crippen LogP contribution in [0.1, 0.15) is 57.1 Å². The lowest BCUT2D eigenvalue weighted by Gasteiger charge is -2.38. The van der Waals surface area contributed by atoms with Crippen LogP contribution in [0.15, 0.2) is 12.1 Å². The molecule has 1 aromatic carbocycles. The zero-order valence-corrected chi connectivity index (χ0v) is 15.9. The molecule has 1 N–H and O–H groups in total. The highest BCUT2D eigenvalue weighted by molar-refractivity contribution is 5.66. The number of anilines is 2. The van der Waals surface area contributed by atoms with E-state index in [0.717, 1.165) is 25.6 Å². The Morgan fingerprint density at radius 3 is 2.17 bits per heavy atom. The van der Waals surface area contributed by atoms with Crippen LogP contribution in [0.3, 0.4) is 0 Å². The number of rotatable bonds is 4. The lowest BCUT2D eigenvalue weighted by molar-refractivity contribution is -0.00527. The van der Waals surface area contributed by atoms with E-state index in [2.05, 4.69) is 50.0 Å². The van der Waals surface area contributed by atoms with Crippen LogP contribution in [0.2, 0.25) is 0 Å². The molecule has 0 amide bonds. The van der Waals surface area contributed by atoms with Gasteiger partial charge in [-0.1, -0.05) is 19.3 Å². The van der Waals surface area contributed by atoms with Crippen LogP contribution in [0, 0.1) is 19.8 Å². The zero-order chi connectivity index (χ0) is 17.1. The molecule has 1 heterocycles. The summed E-state index contributed by atoms with van der Waals surface area (Å²) in [5.41, 5.74) is 5.44. The highest BCUT2D eigenvalue weighted by Gasteiger charge is 2.24. The maximum atomic E-state index is 5.89. The summed E-state index contributed by atoms with van der Waals surface area (Å²) in [6.07, 6.45) is 7.65. The molecule has 3 rings (SSSR count). The predicted molar refractivity (Wildman–Crippen MR) is 103 cm³/mol. The van der Waals surface area contributed by atoms with Gasteiger partial charge in [0.25, 0.3) is 0 Å². The third-order valence-corrected chi connectivity index (χ3v) is 5.55. The van der Waals surface area contributed by atoms with Crippen LogP contribution in [0.5, 0.6) is 0 Å². The number of aryl methyl sites for hydroxylation is 2. The van der Waals surface area contributed by atoms with E-state index < -0.39 is 0 Å². The van der Waals surface area contributed by atoms with Gasteiger partial charge in [0.1, 0.15) is 0 Å². The Labute approximate surface area is 147 Å². The van der Waals surface area contributed by atoms with E-state index in [9.17, 15) is 0 Å². The van der Waals surface area contributed by atoms with E-state index >= 15 is 0 Å². The van der Waals surface area contributed by atoms with E-state index in [-0.39, 0.29) is 0 Å². The van der Waals surface area contributed by atoms with Gasteiger partial charge in [-0.2, -0.15) is 0 Å². The van der Waals surface area contributed by atoms with E-state index in [0.29, 0.717) is 12.2 Å². The first kappa shape index (κ1) is 17.6. The second-order valence-corrected chi connectivity index (χ2v) is 8.01. The average molecular weight is 331 g/mol. The second kappa shape index (κ2) is 7.77. The molecule has 2 aliphatic rings. The van der Waals surface area contributed by atoms with Crippen LogP contribution in [0.25, 0.3) is 0 Å². The maximum absolute atomic E-state index is 5.89. The molecule has 2 unspecified atom stereocenters. The second-order valence-electron chi connectivity index (χ2n) is 8.01. The summed E-state index contributed by atoms with van der Waals surface area (Å²) in [5, 5.41) is 3.70. The van der Waals surface area contributed by atoms with E-state index in [1.165, 1.54) is 54.6 Å². The number of nitrogens with one attached hydrogen (secondary N) is 1. The van der Waals surface area contributed by atoms with Gasteiger partial charge in [0, 0.05) is 31.0 Å². The summed E-state index contributed by atoms with van der Waals surface area (Å²) in [6.45, 7) is 11.9. The van der Waals surface area contributed by atoms with Gasteiger partial charge in [0.05, 0.1) is 12.2 Å². The van der Waals surface area contributed by atoms with Crippen LogP contribution in [-0.4, -0.2) is 31.8 Å². The molecular weight excluding hydrogens is 296 g/mol. The smallest absolute Gasteiger partial charge is 0.0726 e. The van der Waals surface area contributed by atoms with Gasteiger partial charge in [-0.3, -0.25) is 0 Å². The van der Waals surface area contributed by atoms with Crippen molar-refractivity contribution in [3.8, 4) is 0 Å². The monoisotopic (exact) mass is 330 g/mol. The molecule has 1 saturated carbocycles. The molecule has 134 valence electrons. The molecule has 2 atom stereocenters. The SMILES string of the molecule is Cc1cc(NCC2CCCCC2)cc(C)c1N1CC(C)OC(C)C1. The molecule has 0 radical (unpaired) electrons. The Kier molecular flexibility index (Phi) is 5.70. The Morgan fingerprint density at radius 2 is 1.58 bits per heavy atom. The number of morpholine rings is 1. The Bertz CT molecular complexity index is 518. The lowest BCUT2D eigenvalue weighted by atomic mass is 9.89. The molecule has 0 bridgehead atoms. The molecule has 0 aromatic heterocycles. The van der Waals surface area contributed by atoms with Crippen molar-refractivity contribution in [3.05, 3.63) is 23.3 Å². The minimum Gasteiger partial charge on any atom is -0.385 e. The third-order valence-electron chi connectivity index (χ3n) is 5.55. The van der Waals surface area contributed by atoms with Crippen molar-refractivity contribution in [2.24, 2.45) is 5.92 Å². The molecule has 3 nitrogen and oxygen atoms in total. The summed E-state index contributed by atoms with van der Waals surface area (Å²) in [7, 11) is 0. The molecule has 1 aromatic rings. The molecule has 1 aliphatic carbocycles. The minimum absolute atomic E-state index is 0.302. The van der Waals surface area contributed by atoms with Gasteiger partial charge >= 0.3 is 0 Å². The van der Waals surface area contributed by atoms with Crippen LogP contribution in [0.4, 0.5) is 11.4 Å². The molecule has 1 aliphatic heterocycles. The number of hydrogen-bond donors (Lipinski definition) is 1. The van der Waals surface area contributed by atoms with Crippen molar-refractivity contribution in [2.75, 3.05) is 29.9 Å². The van der Waals surface area contributed by atoms with Crippen molar-refractivity contribution in [1.29, 1.82) is 0 Å².